The van der Waals surface area contributed by atoms with Crippen LogP contribution < -0.4 is 4.74 Å². The van der Waals surface area contributed by atoms with E-state index in [9.17, 15) is 0 Å². The number of fused-ring (bicyclic) bond motifs is 1. The van der Waals surface area contributed by atoms with Crippen molar-refractivity contribution in [2.75, 3.05) is 13.1 Å². The van der Waals surface area contributed by atoms with Crippen molar-refractivity contribution in [2.45, 2.75) is 32.9 Å². The topological polar surface area (TPSA) is 28.3 Å². The molecule has 0 radical (unpaired) electrons. The zero-order chi connectivity index (χ0) is 17.2. The van der Waals surface area contributed by atoms with Gasteiger partial charge in [0.1, 0.15) is 5.75 Å². The van der Waals surface area contributed by atoms with Crippen molar-refractivity contribution in [1.29, 1.82) is 0 Å². The second-order valence-electron chi connectivity index (χ2n) is 6.87. The first-order chi connectivity index (χ1) is 12.2. The molecule has 1 aliphatic heterocycles. The quantitative estimate of drug-likeness (QED) is 0.674. The number of aromatic amines is 1. The molecule has 1 N–H and O–H groups in total. The van der Waals surface area contributed by atoms with Gasteiger partial charge in [-0.15, -0.1) is 11.3 Å². The first-order valence-corrected chi connectivity index (χ1v) is 9.79. The molecule has 0 aliphatic carbocycles. The largest absolute Gasteiger partial charge is 0.491 e. The summed E-state index contributed by atoms with van der Waals surface area (Å²) >= 11 is 1.84. The highest BCUT2D eigenvalue weighted by atomic mass is 32.1. The lowest BCUT2D eigenvalue weighted by molar-refractivity contribution is 0.243. The van der Waals surface area contributed by atoms with Gasteiger partial charge in [-0.2, -0.15) is 0 Å². The average molecular weight is 353 g/mol. The summed E-state index contributed by atoms with van der Waals surface area (Å²) in [5, 5.41) is 3.42. The molecule has 0 bridgehead atoms. The molecule has 0 saturated heterocycles. The van der Waals surface area contributed by atoms with E-state index in [1.807, 2.05) is 17.4 Å². The predicted molar refractivity (Wildman–Crippen MR) is 106 cm³/mol. The highest BCUT2D eigenvalue weighted by Gasteiger charge is 2.16. The van der Waals surface area contributed by atoms with Crippen LogP contribution in [0.2, 0.25) is 0 Å². The van der Waals surface area contributed by atoms with Gasteiger partial charge in [0.15, 0.2) is 0 Å². The number of H-pyrrole nitrogens is 1. The van der Waals surface area contributed by atoms with Gasteiger partial charge >= 0.3 is 0 Å². The molecule has 0 atom stereocenters. The third-order valence-corrected chi connectivity index (χ3v) is 5.48. The van der Waals surface area contributed by atoms with E-state index in [1.165, 1.54) is 26.9 Å². The van der Waals surface area contributed by atoms with E-state index in [0.717, 1.165) is 31.8 Å². The van der Waals surface area contributed by atoms with Crippen molar-refractivity contribution in [3.8, 4) is 5.75 Å². The van der Waals surface area contributed by atoms with E-state index in [-0.39, 0.29) is 6.10 Å². The van der Waals surface area contributed by atoms with Crippen LogP contribution in [0.15, 0.2) is 48.0 Å². The Morgan fingerprint density at radius 3 is 2.92 bits per heavy atom. The van der Waals surface area contributed by atoms with Crippen LogP contribution in [-0.4, -0.2) is 29.1 Å². The van der Waals surface area contributed by atoms with Gasteiger partial charge in [-0.05, 0) is 55.5 Å². The molecule has 4 heteroatoms. The summed E-state index contributed by atoms with van der Waals surface area (Å²) in [5.41, 5.74) is 3.93. The van der Waals surface area contributed by atoms with Gasteiger partial charge in [0.05, 0.1) is 6.10 Å². The van der Waals surface area contributed by atoms with Crippen LogP contribution >= 0.6 is 11.3 Å². The summed E-state index contributed by atoms with van der Waals surface area (Å²) in [6.07, 6.45) is 5.81. The molecule has 1 aromatic carbocycles. The molecule has 0 unspecified atom stereocenters. The fourth-order valence-corrected chi connectivity index (χ4v) is 4.18. The summed E-state index contributed by atoms with van der Waals surface area (Å²) in [5.74, 6) is 0.944. The minimum Gasteiger partial charge on any atom is -0.491 e. The van der Waals surface area contributed by atoms with Crippen LogP contribution in [0.1, 0.15) is 30.7 Å². The highest BCUT2D eigenvalue weighted by molar-refractivity contribution is 7.09. The number of aromatic nitrogens is 1. The van der Waals surface area contributed by atoms with Crippen LogP contribution in [0.5, 0.6) is 5.75 Å². The van der Waals surface area contributed by atoms with Crippen molar-refractivity contribution in [1.82, 2.24) is 9.88 Å². The zero-order valence-electron chi connectivity index (χ0n) is 14.8. The van der Waals surface area contributed by atoms with Crippen molar-refractivity contribution in [3.63, 3.8) is 0 Å². The maximum Gasteiger partial charge on any atom is 0.120 e. The Kier molecular flexibility index (Phi) is 4.64. The van der Waals surface area contributed by atoms with E-state index in [4.69, 9.17) is 4.74 Å². The zero-order valence-corrected chi connectivity index (χ0v) is 15.6. The molecule has 0 spiro atoms. The molecular formula is C21H24N2OS. The Hall–Kier alpha value is -2.04. The van der Waals surface area contributed by atoms with Crippen LogP contribution in [0, 0.1) is 0 Å². The molecular weight excluding hydrogens is 328 g/mol. The summed E-state index contributed by atoms with van der Waals surface area (Å²) in [7, 11) is 0. The molecule has 2 aromatic heterocycles. The number of hydrogen-bond donors (Lipinski definition) is 1. The molecule has 25 heavy (non-hydrogen) atoms. The van der Waals surface area contributed by atoms with Crippen LogP contribution in [0.4, 0.5) is 0 Å². The maximum absolute atomic E-state index is 5.87. The Morgan fingerprint density at radius 2 is 2.20 bits per heavy atom. The summed E-state index contributed by atoms with van der Waals surface area (Å²) in [6.45, 7) is 7.31. The molecule has 3 aromatic rings. The summed E-state index contributed by atoms with van der Waals surface area (Å²) < 4.78 is 5.87. The number of ether oxygens (including phenoxy) is 1. The molecule has 130 valence electrons. The van der Waals surface area contributed by atoms with Gasteiger partial charge < -0.3 is 9.72 Å². The Balaban J connectivity index is 1.54. The van der Waals surface area contributed by atoms with Crippen molar-refractivity contribution < 1.29 is 4.74 Å². The SMILES string of the molecule is CC(C)Oc1ccc2[nH]cc(C3=CCN(Cc4cccs4)CC3)c2c1. The highest BCUT2D eigenvalue weighted by Crippen LogP contribution is 2.32. The number of nitrogens with one attached hydrogen (secondary N) is 1. The monoisotopic (exact) mass is 352 g/mol. The second-order valence-corrected chi connectivity index (χ2v) is 7.90. The number of nitrogens with zero attached hydrogens (tertiary/aromatic N) is 1. The fourth-order valence-electron chi connectivity index (χ4n) is 3.43. The first-order valence-electron chi connectivity index (χ1n) is 8.91. The maximum atomic E-state index is 5.87. The molecule has 0 amide bonds. The fraction of sp³-hybridized carbons (Fsp3) is 0.333. The van der Waals surface area contributed by atoms with Gasteiger partial charge in [-0.3, -0.25) is 4.90 Å². The minimum absolute atomic E-state index is 0.194. The van der Waals surface area contributed by atoms with Crippen molar-refractivity contribution in [3.05, 3.63) is 58.4 Å². The van der Waals surface area contributed by atoms with E-state index in [0.29, 0.717) is 0 Å². The lowest BCUT2D eigenvalue weighted by atomic mass is 9.99. The van der Waals surface area contributed by atoms with E-state index >= 15 is 0 Å². The first kappa shape index (κ1) is 16.4. The standard InChI is InChI=1S/C21H24N2OS/c1-15(2)24-17-5-6-21-19(12-17)20(13-22-21)16-7-9-23(10-8-16)14-18-4-3-11-25-18/h3-7,11-13,15,22H,8-10,14H2,1-2H3. The number of hydrogen-bond acceptors (Lipinski definition) is 3. The number of rotatable bonds is 5. The average Bonchev–Trinajstić information content (AvgIpc) is 3.24. The molecule has 3 nitrogen and oxygen atoms in total. The Bertz CT molecular complexity index is 877. The molecule has 0 fully saturated rings. The molecule has 4 rings (SSSR count). The Morgan fingerprint density at radius 1 is 1.28 bits per heavy atom. The van der Waals surface area contributed by atoms with Crippen LogP contribution in [0.25, 0.3) is 16.5 Å². The minimum atomic E-state index is 0.194. The summed E-state index contributed by atoms with van der Waals surface area (Å²) in [6, 6.07) is 10.7. The van der Waals surface area contributed by atoms with Gasteiger partial charge in [0, 0.05) is 47.2 Å². The molecule has 0 saturated carbocycles. The van der Waals surface area contributed by atoms with Crippen molar-refractivity contribution in [2.24, 2.45) is 0 Å². The van der Waals surface area contributed by atoms with Crippen LogP contribution in [0.3, 0.4) is 0 Å². The number of benzene rings is 1. The van der Waals surface area contributed by atoms with E-state index < -0.39 is 0 Å². The van der Waals surface area contributed by atoms with Crippen molar-refractivity contribution >= 4 is 27.8 Å². The lowest BCUT2D eigenvalue weighted by Gasteiger charge is -2.25. The van der Waals surface area contributed by atoms with E-state index in [1.54, 1.807) is 0 Å². The number of thiophene rings is 1. The van der Waals surface area contributed by atoms with Gasteiger partial charge in [0.2, 0.25) is 0 Å². The van der Waals surface area contributed by atoms with Gasteiger partial charge in [-0.25, -0.2) is 0 Å². The summed E-state index contributed by atoms with van der Waals surface area (Å²) in [4.78, 5) is 7.36. The lowest BCUT2D eigenvalue weighted by Crippen LogP contribution is -2.27. The van der Waals surface area contributed by atoms with Gasteiger partial charge in [0.25, 0.3) is 0 Å². The van der Waals surface area contributed by atoms with E-state index in [2.05, 4.69) is 65.6 Å². The Labute approximate surface area is 152 Å². The van der Waals surface area contributed by atoms with Gasteiger partial charge in [-0.1, -0.05) is 12.1 Å². The van der Waals surface area contributed by atoms with Crippen LogP contribution in [-0.2, 0) is 6.54 Å². The second kappa shape index (κ2) is 7.06. The third-order valence-electron chi connectivity index (χ3n) is 4.62. The normalized spacial score (nSPS) is 15.7. The molecule has 1 aliphatic rings. The predicted octanol–water partition coefficient (Wildman–Crippen LogP) is 5.31. The smallest absolute Gasteiger partial charge is 0.120 e. The third kappa shape index (κ3) is 3.65. The molecule has 3 heterocycles.